The van der Waals surface area contributed by atoms with E-state index in [-0.39, 0.29) is 11.9 Å². The largest absolute Gasteiger partial charge is 0.379 e. The first-order valence-electron chi connectivity index (χ1n) is 8.60. The molecule has 0 bridgehead atoms. The van der Waals surface area contributed by atoms with Gasteiger partial charge in [-0.1, -0.05) is 6.08 Å². The third-order valence-electron chi connectivity index (χ3n) is 4.25. The number of amides is 1. The minimum atomic E-state index is -0.439. The summed E-state index contributed by atoms with van der Waals surface area (Å²) in [7, 11) is 1.92. The van der Waals surface area contributed by atoms with E-state index >= 15 is 0 Å². The van der Waals surface area contributed by atoms with E-state index in [4.69, 9.17) is 15.9 Å². The van der Waals surface area contributed by atoms with Gasteiger partial charge in [0.2, 0.25) is 5.91 Å². The van der Waals surface area contributed by atoms with Crippen molar-refractivity contribution in [2.75, 3.05) is 26.8 Å². The molecule has 6 heteroatoms. The number of ether oxygens (including phenoxy) is 1. The van der Waals surface area contributed by atoms with Crippen LogP contribution in [0.2, 0.25) is 0 Å². The Labute approximate surface area is 139 Å². The van der Waals surface area contributed by atoms with Crippen LogP contribution >= 0.6 is 0 Å². The van der Waals surface area contributed by atoms with E-state index in [9.17, 15) is 4.79 Å². The SMILES string of the molecule is C=CCC(=N)N(C1CCCCOC1)[C@@H](CCCCNC)C(N)=O. The molecule has 0 aromatic rings. The predicted molar refractivity (Wildman–Crippen MR) is 93.6 cm³/mol. The highest BCUT2D eigenvalue weighted by atomic mass is 16.5. The minimum absolute atomic E-state index is 0.0479. The van der Waals surface area contributed by atoms with Crippen molar-refractivity contribution >= 4 is 11.7 Å². The molecule has 4 N–H and O–H groups in total. The summed E-state index contributed by atoms with van der Waals surface area (Å²) in [4.78, 5) is 13.9. The molecule has 2 atom stereocenters. The van der Waals surface area contributed by atoms with E-state index in [0.717, 1.165) is 45.3 Å². The molecule has 1 rings (SSSR count). The maximum Gasteiger partial charge on any atom is 0.240 e. The number of primary amides is 1. The fourth-order valence-electron chi connectivity index (χ4n) is 3.07. The molecule has 1 aliphatic heterocycles. The number of carbonyl (C=O) groups excluding carboxylic acids is 1. The van der Waals surface area contributed by atoms with Crippen LogP contribution in [0.15, 0.2) is 12.7 Å². The van der Waals surface area contributed by atoms with Crippen LogP contribution in [-0.2, 0) is 9.53 Å². The molecule has 1 unspecified atom stereocenters. The number of rotatable bonds is 10. The Bertz CT molecular complexity index is 379. The highest BCUT2D eigenvalue weighted by Crippen LogP contribution is 2.21. The molecule has 0 aromatic carbocycles. The number of nitrogens with one attached hydrogen (secondary N) is 2. The first-order chi connectivity index (χ1) is 11.1. The van der Waals surface area contributed by atoms with Gasteiger partial charge in [-0.15, -0.1) is 6.58 Å². The molecule has 1 fully saturated rings. The molecule has 6 nitrogen and oxygen atoms in total. The van der Waals surface area contributed by atoms with Crippen LogP contribution in [0.3, 0.4) is 0 Å². The first-order valence-corrected chi connectivity index (χ1v) is 8.60. The highest BCUT2D eigenvalue weighted by molar-refractivity contribution is 5.88. The van der Waals surface area contributed by atoms with Crippen LogP contribution in [0.1, 0.15) is 44.9 Å². The average molecular weight is 324 g/mol. The lowest BCUT2D eigenvalue weighted by molar-refractivity contribution is -0.123. The molecule has 0 saturated carbocycles. The predicted octanol–water partition coefficient (Wildman–Crippen LogP) is 1.65. The van der Waals surface area contributed by atoms with Gasteiger partial charge in [0.1, 0.15) is 11.9 Å². The number of unbranched alkanes of at least 4 members (excludes halogenated alkanes) is 1. The Morgan fingerprint density at radius 3 is 2.96 bits per heavy atom. The summed E-state index contributed by atoms with van der Waals surface area (Å²) in [5.74, 6) is 0.0560. The smallest absolute Gasteiger partial charge is 0.240 e. The van der Waals surface area contributed by atoms with E-state index in [1.807, 2.05) is 11.9 Å². The van der Waals surface area contributed by atoms with E-state index < -0.39 is 6.04 Å². The van der Waals surface area contributed by atoms with Gasteiger partial charge in [-0.2, -0.15) is 0 Å². The van der Waals surface area contributed by atoms with E-state index in [1.54, 1.807) is 6.08 Å². The highest BCUT2D eigenvalue weighted by Gasteiger charge is 2.32. The second-order valence-electron chi connectivity index (χ2n) is 6.09. The monoisotopic (exact) mass is 324 g/mol. The molecular formula is C17H32N4O2. The van der Waals surface area contributed by atoms with Crippen molar-refractivity contribution in [2.45, 2.75) is 57.0 Å². The molecule has 1 amide bonds. The van der Waals surface area contributed by atoms with Gasteiger partial charge in [-0.3, -0.25) is 10.2 Å². The number of hydrogen-bond acceptors (Lipinski definition) is 4. The fourth-order valence-corrected chi connectivity index (χ4v) is 3.07. The van der Waals surface area contributed by atoms with Crippen molar-refractivity contribution in [1.82, 2.24) is 10.2 Å². The Balaban J connectivity index is 2.85. The van der Waals surface area contributed by atoms with Crippen LogP contribution in [-0.4, -0.2) is 55.5 Å². The average Bonchev–Trinajstić information content (AvgIpc) is 2.79. The zero-order valence-corrected chi connectivity index (χ0v) is 14.4. The summed E-state index contributed by atoms with van der Waals surface area (Å²) < 4.78 is 5.66. The lowest BCUT2D eigenvalue weighted by Crippen LogP contribution is -2.53. The normalized spacial score (nSPS) is 19.6. The Morgan fingerprint density at radius 1 is 1.52 bits per heavy atom. The van der Waals surface area contributed by atoms with Gasteiger partial charge in [0.15, 0.2) is 0 Å². The third-order valence-corrected chi connectivity index (χ3v) is 4.25. The van der Waals surface area contributed by atoms with Crippen molar-refractivity contribution in [3.63, 3.8) is 0 Å². The quantitative estimate of drug-likeness (QED) is 0.247. The molecule has 0 spiro atoms. The Kier molecular flexibility index (Phi) is 9.55. The van der Waals surface area contributed by atoms with Crippen LogP contribution in [0.4, 0.5) is 0 Å². The van der Waals surface area contributed by atoms with Crippen molar-refractivity contribution in [3.8, 4) is 0 Å². The van der Waals surface area contributed by atoms with Crippen molar-refractivity contribution in [2.24, 2.45) is 5.73 Å². The Morgan fingerprint density at radius 2 is 2.30 bits per heavy atom. The number of amidine groups is 1. The maximum atomic E-state index is 12.0. The maximum absolute atomic E-state index is 12.0. The van der Waals surface area contributed by atoms with Crippen LogP contribution in [0.25, 0.3) is 0 Å². The van der Waals surface area contributed by atoms with Gasteiger partial charge in [0.05, 0.1) is 12.6 Å². The summed E-state index contributed by atoms with van der Waals surface area (Å²) in [5.41, 5.74) is 5.67. The molecule has 132 valence electrons. The zero-order chi connectivity index (χ0) is 17.1. The second-order valence-corrected chi connectivity index (χ2v) is 6.09. The lowest BCUT2D eigenvalue weighted by atomic mass is 10.0. The molecule has 0 aromatic heterocycles. The van der Waals surface area contributed by atoms with Gasteiger partial charge >= 0.3 is 0 Å². The topological polar surface area (TPSA) is 91.4 Å². The number of nitrogens with two attached hydrogens (primary N) is 1. The van der Waals surface area contributed by atoms with Crippen LogP contribution in [0, 0.1) is 5.41 Å². The number of hydrogen-bond donors (Lipinski definition) is 3. The van der Waals surface area contributed by atoms with Crippen molar-refractivity contribution < 1.29 is 9.53 Å². The summed E-state index contributed by atoms with van der Waals surface area (Å²) in [6, 6.07) is -0.391. The van der Waals surface area contributed by atoms with Gasteiger partial charge in [-0.25, -0.2) is 0 Å². The molecule has 0 aliphatic carbocycles. The Hall–Kier alpha value is -1.40. The molecule has 0 radical (unpaired) electrons. The molecule has 23 heavy (non-hydrogen) atoms. The van der Waals surface area contributed by atoms with E-state index in [2.05, 4.69) is 11.9 Å². The first kappa shape index (κ1) is 19.6. The van der Waals surface area contributed by atoms with Gasteiger partial charge < -0.3 is 20.7 Å². The summed E-state index contributed by atoms with van der Waals surface area (Å²) in [6.07, 6.45) is 7.72. The summed E-state index contributed by atoms with van der Waals surface area (Å²) >= 11 is 0. The van der Waals surface area contributed by atoms with Gasteiger partial charge in [0.25, 0.3) is 0 Å². The summed E-state index contributed by atoms with van der Waals surface area (Å²) in [6.45, 7) is 5.94. The van der Waals surface area contributed by atoms with E-state index in [1.165, 1.54) is 0 Å². The summed E-state index contributed by atoms with van der Waals surface area (Å²) in [5, 5.41) is 11.5. The fraction of sp³-hybridized carbons (Fsp3) is 0.765. The number of nitrogens with zero attached hydrogens (tertiary/aromatic N) is 1. The molecular weight excluding hydrogens is 292 g/mol. The molecule has 1 heterocycles. The van der Waals surface area contributed by atoms with Crippen LogP contribution in [0.5, 0.6) is 0 Å². The molecule has 1 aliphatic rings. The van der Waals surface area contributed by atoms with Crippen LogP contribution < -0.4 is 11.1 Å². The van der Waals surface area contributed by atoms with E-state index in [0.29, 0.717) is 25.3 Å². The third kappa shape index (κ3) is 6.71. The van der Waals surface area contributed by atoms with Crippen molar-refractivity contribution in [3.05, 3.63) is 12.7 Å². The lowest BCUT2D eigenvalue weighted by Gasteiger charge is -2.38. The molecule has 1 saturated heterocycles. The second kappa shape index (κ2) is 11.2. The minimum Gasteiger partial charge on any atom is -0.379 e. The zero-order valence-electron chi connectivity index (χ0n) is 14.4. The number of carbonyl (C=O) groups is 1. The standard InChI is InChI=1S/C17H32N4O2/c1-3-8-16(18)21(14-9-5-7-12-23-13-14)15(17(19)22)10-4-6-11-20-2/h3,14-15,18,20H,1,4-13H2,2H3,(H2,19,22)/t14?,15-/m0/s1. The van der Waals surface area contributed by atoms with Crippen molar-refractivity contribution in [1.29, 1.82) is 5.41 Å². The van der Waals surface area contributed by atoms with Gasteiger partial charge in [0, 0.05) is 13.0 Å². The van der Waals surface area contributed by atoms with Gasteiger partial charge in [-0.05, 0) is 52.1 Å².